The van der Waals surface area contributed by atoms with E-state index in [1.807, 2.05) is 13.8 Å². The second-order valence-corrected chi connectivity index (χ2v) is 10.9. The maximum absolute atomic E-state index is 12.9. The number of hydrogen-bond donors (Lipinski definition) is 1. The van der Waals surface area contributed by atoms with E-state index in [2.05, 4.69) is 10.2 Å². The summed E-state index contributed by atoms with van der Waals surface area (Å²) in [6.07, 6.45) is 0.220. The van der Waals surface area contributed by atoms with E-state index in [0.29, 0.717) is 48.9 Å². The Morgan fingerprint density at radius 2 is 1.87 bits per heavy atom. The summed E-state index contributed by atoms with van der Waals surface area (Å²) in [5.41, 5.74) is 0.807. The van der Waals surface area contributed by atoms with Gasteiger partial charge in [0.1, 0.15) is 0 Å². The van der Waals surface area contributed by atoms with E-state index in [-0.39, 0.29) is 18.0 Å². The Morgan fingerprint density at radius 1 is 1.19 bits per heavy atom. The third-order valence-electron chi connectivity index (χ3n) is 5.38. The van der Waals surface area contributed by atoms with Gasteiger partial charge in [0.05, 0.1) is 21.1 Å². The standard InChI is InChI=1S/C20H26N4O5S2/c1-14-13-19(16(3)30-14)31(28,29)23-11-9-22(10-12-23)8-7-20(25)21-17-5-4-6-18(15(17)2)24(26)27/h4-6,13H,7-12H2,1-3H3,(H,21,25). The van der Waals surface area contributed by atoms with Crippen molar-refractivity contribution >= 4 is 38.6 Å². The van der Waals surface area contributed by atoms with Gasteiger partial charge in [-0.2, -0.15) is 4.31 Å². The van der Waals surface area contributed by atoms with Crippen molar-refractivity contribution in [3.8, 4) is 0 Å². The molecule has 0 unspecified atom stereocenters. The van der Waals surface area contributed by atoms with Crippen LogP contribution in [0.2, 0.25) is 0 Å². The summed E-state index contributed by atoms with van der Waals surface area (Å²) in [5, 5.41) is 13.8. The second-order valence-electron chi connectivity index (χ2n) is 7.53. The first kappa shape index (κ1) is 23.3. The summed E-state index contributed by atoms with van der Waals surface area (Å²) < 4.78 is 27.3. The van der Waals surface area contributed by atoms with E-state index in [1.54, 1.807) is 19.1 Å². The van der Waals surface area contributed by atoms with Crippen LogP contribution in [0.25, 0.3) is 0 Å². The molecule has 0 bridgehead atoms. The molecule has 1 saturated heterocycles. The van der Waals surface area contributed by atoms with Crippen LogP contribution in [-0.2, 0) is 14.8 Å². The van der Waals surface area contributed by atoms with Crippen LogP contribution in [0.15, 0.2) is 29.2 Å². The van der Waals surface area contributed by atoms with Crippen molar-refractivity contribution in [2.45, 2.75) is 32.1 Å². The molecule has 3 rings (SSSR count). The molecule has 1 aromatic heterocycles. The van der Waals surface area contributed by atoms with Crippen LogP contribution in [0.1, 0.15) is 21.7 Å². The van der Waals surface area contributed by atoms with Crippen LogP contribution in [0.4, 0.5) is 11.4 Å². The Balaban J connectivity index is 1.52. The molecule has 1 amide bonds. The van der Waals surface area contributed by atoms with Gasteiger partial charge in [-0.25, -0.2) is 8.42 Å². The summed E-state index contributed by atoms with van der Waals surface area (Å²) in [6.45, 7) is 7.66. The quantitative estimate of drug-likeness (QED) is 0.496. The molecule has 1 aliphatic rings. The van der Waals surface area contributed by atoms with Crippen molar-refractivity contribution in [3.63, 3.8) is 0 Å². The Hall–Kier alpha value is -2.34. The minimum absolute atomic E-state index is 0.0359. The smallest absolute Gasteiger partial charge is 0.274 e. The lowest BCUT2D eigenvalue weighted by Gasteiger charge is -2.33. The Morgan fingerprint density at radius 3 is 2.45 bits per heavy atom. The van der Waals surface area contributed by atoms with Crippen LogP contribution in [0.5, 0.6) is 0 Å². The zero-order valence-corrected chi connectivity index (χ0v) is 19.4. The molecule has 0 atom stereocenters. The molecule has 168 valence electrons. The minimum Gasteiger partial charge on any atom is -0.326 e. The third-order valence-corrected chi connectivity index (χ3v) is 8.50. The van der Waals surface area contributed by atoms with Crippen LogP contribution >= 0.6 is 11.3 Å². The average molecular weight is 467 g/mol. The van der Waals surface area contributed by atoms with Gasteiger partial charge < -0.3 is 10.2 Å². The van der Waals surface area contributed by atoms with E-state index in [1.165, 1.54) is 27.8 Å². The van der Waals surface area contributed by atoms with Crippen LogP contribution in [0.3, 0.4) is 0 Å². The molecule has 0 spiro atoms. The topological polar surface area (TPSA) is 113 Å². The molecule has 0 radical (unpaired) electrons. The number of carbonyl (C=O) groups excluding carboxylic acids is 1. The zero-order chi connectivity index (χ0) is 22.8. The fourth-order valence-corrected chi connectivity index (χ4v) is 6.57. The highest BCUT2D eigenvalue weighted by Gasteiger charge is 2.30. The molecule has 1 fully saturated rings. The lowest BCUT2D eigenvalue weighted by Crippen LogP contribution is -2.49. The Kier molecular flexibility index (Phi) is 7.10. The number of nitro benzene ring substituents is 1. The Labute approximate surface area is 185 Å². The number of piperazine rings is 1. The number of nitrogens with zero attached hydrogens (tertiary/aromatic N) is 3. The highest BCUT2D eigenvalue weighted by Crippen LogP contribution is 2.28. The number of aryl methyl sites for hydroxylation is 2. The number of hydrogen-bond acceptors (Lipinski definition) is 7. The number of nitrogens with one attached hydrogen (secondary N) is 1. The molecule has 0 saturated carbocycles. The van der Waals surface area contributed by atoms with Gasteiger partial charge in [0.25, 0.3) is 5.69 Å². The number of carbonyl (C=O) groups is 1. The highest BCUT2D eigenvalue weighted by molar-refractivity contribution is 7.89. The first-order chi connectivity index (χ1) is 14.6. The molecule has 2 aromatic rings. The number of thiophene rings is 1. The number of nitro groups is 1. The average Bonchev–Trinajstić information content (AvgIpc) is 3.07. The lowest BCUT2D eigenvalue weighted by molar-refractivity contribution is -0.385. The molecule has 31 heavy (non-hydrogen) atoms. The molecular weight excluding hydrogens is 440 g/mol. The van der Waals surface area contributed by atoms with Crippen molar-refractivity contribution in [2.75, 3.05) is 38.0 Å². The first-order valence-corrected chi connectivity index (χ1v) is 12.2. The fraction of sp³-hybridized carbons (Fsp3) is 0.450. The number of sulfonamides is 1. The normalized spacial score (nSPS) is 15.7. The molecule has 2 heterocycles. The maximum atomic E-state index is 12.9. The van der Waals surface area contributed by atoms with Crippen molar-refractivity contribution in [2.24, 2.45) is 0 Å². The van der Waals surface area contributed by atoms with Crippen molar-refractivity contribution in [1.82, 2.24) is 9.21 Å². The summed E-state index contributed by atoms with van der Waals surface area (Å²) >= 11 is 1.48. The predicted octanol–water partition coefficient (Wildman–Crippen LogP) is 2.92. The molecular formula is C20H26N4O5S2. The van der Waals surface area contributed by atoms with Crippen molar-refractivity contribution in [1.29, 1.82) is 0 Å². The van der Waals surface area contributed by atoms with Gasteiger partial charge in [0.2, 0.25) is 15.9 Å². The van der Waals surface area contributed by atoms with Crippen LogP contribution < -0.4 is 5.32 Å². The van der Waals surface area contributed by atoms with Gasteiger partial charge >= 0.3 is 0 Å². The van der Waals surface area contributed by atoms with E-state index in [0.717, 1.165) is 9.75 Å². The van der Waals surface area contributed by atoms with E-state index < -0.39 is 14.9 Å². The summed E-state index contributed by atoms with van der Waals surface area (Å²) in [5.74, 6) is -0.233. The molecule has 1 aliphatic heterocycles. The maximum Gasteiger partial charge on any atom is 0.274 e. The van der Waals surface area contributed by atoms with Gasteiger partial charge in [0, 0.05) is 55.0 Å². The largest absolute Gasteiger partial charge is 0.326 e. The Bertz CT molecular complexity index is 1090. The van der Waals surface area contributed by atoms with Crippen molar-refractivity contribution in [3.05, 3.63) is 49.7 Å². The molecule has 9 nitrogen and oxygen atoms in total. The highest BCUT2D eigenvalue weighted by atomic mass is 32.2. The molecule has 1 aromatic carbocycles. The number of amides is 1. The molecule has 1 N–H and O–H groups in total. The summed E-state index contributed by atoms with van der Waals surface area (Å²) in [6, 6.07) is 6.30. The predicted molar refractivity (Wildman–Crippen MR) is 120 cm³/mol. The lowest BCUT2D eigenvalue weighted by atomic mass is 10.1. The van der Waals surface area contributed by atoms with Gasteiger partial charge in [-0.15, -0.1) is 11.3 Å². The summed E-state index contributed by atoms with van der Waals surface area (Å²) in [7, 11) is -3.50. The molecule has 11 heteroatoms. The van der Waals surface area contributed by atoms with Crippen LogP contribution in [-0.4, -0.2) is 61.2 Å². The SMILES string of the molecule is Cc1cc(S(=O)(=O)N2CCN(CCC(=O)Nc3cccc([N+](=O)[O-])c3C)CC2)c(C)s1. The van der Waals surface area contributed by atoms with E-state index in [9.17, 15) is 23.3 Å². The first-order valence-electron chi connectivity index (χ1n) is 9.93. The minimum atomic E-state index is -3.50. The van der Waals surface area contributed by atoms with Gasteiger partial charge in [-0.05, 0) is 32.9 Å². The van der Waals surface area contributed by atoms with Crippen LogP contribution in [0, 0.1) is 30.9 Å². The number of anilines is 1. The van der Waals surface area contributed by atoms with Gasteiger partial charge in [-0.3, -0.25) is 14.9 Å². The molecule has 0 aliphatic carbocycles. The van der Waals surface area contributed by atoms with E-state index in [4.69, 9.17) is 0 Å². The zero-order valence-electron chi connectivity index (χ0n) is 17.8. The van der Waals surface area contributed by atoms with Gasteiger partial charge in [0.15, 0.2) is 0 Å². The second kappa shape index (κ2) is 9.43. The fourth-order valence-electron chi connectivity index (χ4n) is 3.63. The number of benzene rings is 1. The third kappa shape index (κ3) is 5.29. The summed E-state index contributed by atoms with van der Waals surface area (Å²) in [4.78, 5) is 27.1. The number of rotatable bonds is 7. The monoisotopic (exact) mass is 466 g/mol. The van der Waals surface area contributed by atoms with Gasteiger partial charge in [-0.1, -0.05) is 6.07 Å². The van der Waals surface area contributed by atoms with Crippen molar-refractivity contribution < 1.29 is 18.1 Å². The van der Waals surface area contributed by atoms with E-state index >= 15 is 0 Å².